The monoisotopic (exact) mass is 340 g/mol. The molecule has 0 bridgehead atoms. The van der Waals surface area contributed by atoms with Gasteiger partial charge in [-0.1, -0.05) is 85.0 Å². The lowest BCUT2D eigenvalue weighted by Gasteiger charge is -2.35. The van der Waals surface area contributed by atoms with Gasteiger partial charge in [0.25, 0.3) is 0 Å². The van der Waals surface area contributed by atoms with Crippen molar-refractivity contribution < 1.29 is 9.59 Å². The second-order valence-corrected chi connectivity index (χ2v) is 7.15. The third-order valence-electron chi connectivity index (χ3n) is 5.61. The van der Waals surface area contributed by atoms with Crippen LogP contribution in [0.2, 0.25) is 0 Å². The van der Waals surface area contributed by atoms with E-state index in [-0.39, 0.29) is 11.8 Å². The molecule has 0 aromatic carbocycles. The van der Waals surface area contributed by atoms with Crippen LogP contribution in [0.25, 0.3) is 0 Å². The normalized spacial score (nSPS) is 13.0. The van der Waals surface area contributed by atoms with Crippen LogP contribution < -0.4 is 11.5 Å². The van der Waals surface area contributed by atoms with Crippen molar-refractivity contribution in [3.63, 3.8) is 0 Å². The average Bonchev–Trinajstić information content (AvgIpc) is 2.55. The summed E-state index contributed by atoms with van der Waals surface area (Å²) in [6, 6.07) is 0. The van der Waals surface area contributed by atoms with Gasteiger partial charge in [0.1, 0.15) is 0 Å². The van der Waals surface area contributed by atoms with E-state index in [4.69, 9.17) is 11.5 Å². The fourth-order valence-electron chi connectivity index (χ4n) is 3.79. The topological polar surface area (TPSA) is 86.2 Å². The van der Waals surface area contributed by atoms with Gasteiger partial charge in [-0.15, -0.1) is 0 Å². The first-order valence-electron chi connectivity index (χ1n) is 10.0. The van der Waals surface area contributed by atoms with Crippen molar-refractivity contribution in [2.24, 2.45) is 22.8 Å². The molecule has 0 rings (SSSR count). The van der Waals surface area contributed by atoms with Crippen LogP contribution in [0.5, 0.6) is 0 Å². The highest BCUT2D eigenvalue weighted by molar-refractivity contribution is 5.89. The molecule has 0 aromatic heterocycles. The molecule has 0 heterocycles. The van der Waals surface area contributed by atoms with Gasteiger partial charge < -0.3 is 11.5 Å². The highest BCUT2D eigenvalue weighted by Gasteiger charge is 2.43. The number of unbranched alkanes of at least 4 members (excludes halogenated alkanes) is 9. The lowest BCUT2D eigenvalue weighted by molar-refractivity contribution is -0.140. The van der Waals surface area contributed by atoms with Crippen molar-refractivity contribution in [3.8, 4) is 0 Å². The van der Waals surface area contributed by atoms with Gasteiger partial charge in [-0.2, -0.15) is 0 Å². The minimum atomic E-state index is -0.773. The number of rotatable bonds is 16. The predicted octanol–water partition coefficient (Wildman–Crippen LogP) is 4.69. The van der Waals surface area contributed by atoms with E-state index in [1.165, 1.54) is 51.4 Å². The molecule has 4 nitrogen and oxygen atoms in total. The zero-order chi connectivity index (χ0) is 18.4. The average molecular weight is 341 g/mol. The maximum absolute atomic E-state index is 11.9. The van der Waals surface area contributed by atoms with Gasteiger partial charge in [0.2, 0.25) is 11.8 Å². The second kappa shape index (κ2) is 13.3. The second-order valence-electron chi connectivity index (χ2n) is 7.15. The van der Waals surface area contributed by atoms with Crippen LogP contribution in [-0.2, 0) is 9.59 Å². The Morgan fingerprint density at radius 2 is 1.17 bits per heavy atom. The number of nitrogens with two attached hydrogens (primary N) is 2. The fourth-order valence-corrected chi connectivity index (χ4v) is 3.79. The molecule has 0 aliphatic carbocycles. The molecule has 4 heteroatoms. The summed E-state index contributed by atoms with van der Waals surface area (Å²) in [5.41, 5.74) is 10.4. The zero-order valence-electron chi connectivity index (χ0n) is 16.2. The van der Waals surface area contributed by atoms with Crippen molar-refractivity contribution in [1.82, 2.24) is 0 Å². The van der Waals surface area contributed by atoms with E-state index in [0.29, 0.717) is 19.3 Å². The molecule has 0 aliphatic rings. The first kappa shape index (κ1) is 22.9. The summed E-state index contributed by atoms with van der Waals surface area (Å²) in [6.07, 6.45) is 14.3. The van der Waals surface area contributed by atoms with E-state index in [1.54, 1.807) is 0 Å². The smallest absolute Gasteiger partial charge is 0.224 e. The molecule has 1 atom stereocenters. The summed E-state index contributed by atoms with van der Waals surface area (Å²) < 4.78 is 0. The number of carbonyl (C=O) groups is 2. The number of carbonyl (C=O) groups excluding carboxylic acids is 2. The van der Waals surface area contributed by atoms with E-state index in [1.807, 2.05) is 13.8 Å². The van der Waals surface area contributed by atoms with Crippen LogP contribution in [0.3, 0.4) is 0 Å². The van der Waals surface area contributed by atoms with Gasteiger partial charge in [0.05, 0.1) is 11.3 Å². The van der Waals surface area contributed by atoms with Gasteiger partial charge in [-0.3, -0.25) is 9.59 Å². The van der Waals surface area contributed by atoms with Crippen molar-refractivity contribution >= 4 is 11.8 Å². The molecule has 0 saturated heterocycles. The molecule has 0 fully saturated rings. The maximum atomic E-state index is 11.9. The molecule has 24 heavy (non-hydrogen) atoms. The summed E-state index contributed by atoms with van der Waals surface area (Å²) in [7, 11) is 0. The Morgan fingerprint density at radius 1 is 0.750 bits per heavy atom. The summed E-state index contributed by atoms with van der Waals surface area (Å²) in [5.74, 6) is -1.20. The van der Waals surface area contributed by atoms with E-state index in [9.17, 15) is 9.59 Å². The predicted molar refractivity (Wildman–Crippen MR) is 101 cm³/mol. The minimum Gasteiger partial charge on any atom is -0.369 e. The van der Waals surface area contributed by atoms with Crippen LogP contribution >= 0.6 is 0 Å². The van der Waals surface area contributed by atoms with Crippen LogP contribution in [0.4, 0.5) is 0 Å². The quantitative estimate of drug-likeness (QED) is 0.399. The molecule has 142 valence electrons. The molecule has 0 radical (unpaired) electrons. The van der Waals surface area contributed by atoms with Crippen molar-refractivity contribution in [2.45, 2.75) is 104 Å². The summed E-state index contributed by atoms with van der Waals surface area (Å²) in [6.45, 7) is 6.08. The Hall–Kier alpha value is -1.06. The summed E-state index contributed by atoms with van der Waals surface area (Å²) >= 11 is 0. The van der Waals surface area contributed by atoms with Crippen LogP contribution in [-0.4, -0.2) is 11.8 Å². The third kappa shape index (κ3) is 7.67. The summed E-state index contributed by atoms with van der Waals surface area (Å²) in [4.78, 5) is 23.8. The Balaban J connectivity index is 4.11. The molecular weight excluding hydrogens is 300 g/mol. The fraction of sp³-hybridized carbons (Fsp3) is 0.900. The molecule has 0 saturated carbocycles. The lowest BCUT2D eigenvalue weighted by atomic mass is 9.68. The van der Waals surface area contributed by atoms with Crippen molar-refractivity contribution in [1.29, 1.82) is 0 Å². The molecule has 0 aromatic rings. The maximum Gasteiger partial charge on any atom is 0.224 e. The first-order chi connectivity index (χ1) is 11.5. The largest absolute Gasteiger partial charge is 0.369 e. The van der Waals surface area contributed by atoms with Crippen molar-refractivity contribution in [2.75, 3.05) is 0 Å². The first-order valence-corrected chi connectivity index (χ1v) is 10.0. The Labute approximate surface area is 149 Å². The van der Waals surface area contributed by atoms with Crippen LogP contribution in [0.1, 0.15) is 104 Å². The molecule has 0 spiro atoms. The standard InChI is InChI=1S/C20H40N2O2/c1-4-7-8-9-10-11-12-13-14-15-16-17(18(21)23)20(5-2,6-3)19(22)24/h17H,4-16H2,1-3H3,(H2,21,23)(H2,22,24). The Bertz CT molecular complexity index is 352. The van der Waals surface area contributed by atoms with E-state index in [0.717, 1.165) is 12.8 Å². The summed E-state index contributed by atoms with van der Waals surface area (Å²) in [5, 5.41) is 0. The number of hydrogen-bond donors (Lipinski definition) is 2. The third-order valence-corrected chi connectivity index (χ3v) is 5.61. The van der Waals surface area contributed by atoms with E-state index in [2.05, 4.69) is 6.92 Å². The highest BCUT2D eigenvalue weighted by Crippen LogP contribution is 2.38. The lowest BCUT2D eigenvalue weighted by Crippen LogP contribution is -2.47. The molecule has 0 aliphatic heterocycles. The van der Waals surface area contributed by atoms with E-state index < -0.39 is 11.3 Å². The zero-order valence-corrected chi connectivity index (χ0v) is 16.2. The number of amides is 2. The van der Waals surface area contributed by atoms with Crippen molar-refractivity contribution in [3.05, 3.63) is 0 Å². The van der Waals surface area contributed by atoms with Gasteiger partial charge in [-0.05, 0) is 19.3 Å². The van der Waals surface area contributed by atoms with Crippen LogP contribution in [0.15, 0.2) is 0 Å². The van der Waals surface area contributed by atoms with Gasteiger partial charge in [-0.25, -0.2) is 0 Å². The van der Waals surface area contributed by atoms with E-state index >= 15 is 0 Å². The number of primary amides is 2. The minimum absolute atomic E-state index is 0.381. The Morgan fingerprint density at radius 3 is 1.50 bits per heavy atom. The molecule has 1 unspecified atom stereocenters. The van der Waals surface area contributed by atoms with Crippen LogP contribution in [0, 0.1) is 11.3 Å². The van der Waals surface area contributed by atoms with Gasteiger partial charge in [0.15, 0.2) is 0 Å². The molecular formula is C20H40N2O2. The Kier molecular flexibility index (Phi) is 12.7. The molecule has 4 N–H and O–H groups in total. The molecule has 2 amide bonds. The van der Waals surface area contributed by atoms with Gasteiger partial charge >= 0.3 is 0 Å². The van der Waals surface area contributed by atoms with Gasteiger partial charge in [0, 0.05) is 0 Å². The number of hydrogen-bond acceptors (Lipinski definition) is 2. The SMILES string of the molecule is CCCCCCCCCCCCC(C(N)=O)C(CC)(CC)C(N)=O. The highest BCUT2D eigenvalue weighted by atomic mass is 16.2.